The predicted octanol–water partition coefficient (Wildman–Crippen LogP) is 6.12. The number of nitrogens with zero attached hydrogens (tertiary/aromatic N) is 2. The van der Waals surface area contributed by atoms with Gasteiger partial charge in [-0.05, 0) is 42.2 Å². The molecule has 3 nitrogen and oxygen atoms in total. The van der Waals surface area contributed by atoms with Crippen molar-refractivity contribution in [3.8, 4) is 0 Å². The van der Waals surface area contributed by atoms with Crippen LogP contribution in [-0.4, -0.2) is 21.9 Å². The summed E-state index contributed by atoms with van der Waals surface area (Å²) in [6, 6.07) is 22.1. The zero-order valence-electron chi connectivity index (χ0n) is 17.2. The lowest BCUT2D eigenvalue weighted by Gasteiger charge is -2.27. The molecule has 3 aromatic rings. The third-order valence-corrected chi connectivity index (χ3v) is 5.66. The van der Waals surface area contributed by atoms with Crippen molar-refractivity contribution in [1.82, 2.24) is 9.47 Å². The zero-order chi connectivity index (χ0) is 20.6. The third kappa shape index (κ3) is 5.30. The first kappa shape index (κ1) is 21.2. The molecule has 4 heteroatoms. The van der Waals surface area contributed by atoms with E-state index in [1.165, 1.54) is 0 Å². The first-order valence-electron chi connectivity index (χ1n) is 10.3. The number of carbonyl (C=O) groups excluding carboxylic acids is 1. The van der Waals surface area contributed by atoms with E-state index in [1.54, 1.807) is 0 Å². The summed E-state index contributed by atoms with van der Waals surface area (Å²) in [7, 11) is 0. The van der Waals surface area contributed by atoms with E-state index < -0.39 is 0 Å². The minimum atomic E-state index is -0.102. The molecule has 3 rings (SSSR count). The Balaban J connectivity index is 1.80. The Morgan fingerprint density at radius 2 is 1.72 bits per heavy atom. The highest BCUT2D eigenvalue weighted by atomic mass is 35.5. The lowest BCUT2D eigenvalue weighted by Crippen LogP contribution is -2.36. The molecule has 152 valence electrons. The number of aromatic nitrogens is 1. The molecule has 1 unspecified atom stereocenters. The minimum Gasteiger partial charge on any atom is -0.345 e. The first-order chi connectivity index (χ1) is 14.1. The Kier molecular flexibility index (Phi) is 7.54. The van der Waals surface area contributed by atoms with Gasteiger partial charge in [0.05, 0.1) is 12.5 Å². The molecular weight excluding hydrogens is 380 g/mol. The van der Waals surface area contributed by atoms with Crippen molar-refractivity contribution in [2.45, 2.75) is 45.7 Å². The van der Waals surface area contributed by atoms with Crippen LogP contribution in [0.1, 0.15) is 49.4 Å². The van der Waals surface area contributed by atoms with Gasteiger partial charge in [0.15, 0.2) is 0 Å². The van der Waals surface area contributed by atoms with Gasteiger partial charge in [0.2, 0.25) is 5.91 Å². The van der Waals surface area contributed by atoms with E-state index in [0.29, 0.717) is 13.1 Å². The topological polar surface area (TPSA) is 25.2 Å². The van der Waals surface area contributed by atoms with Crippen LogP contribution in [0, 0.1) is 0 Å². The smallest absolute Gasteiger partial charge is 0.230 e. The Bertz CT molecular complexity index is 919. The number of hydrogen-bond donors (Lipinski definition) is 0. The Morgan fingerprint density at radius 3 is 2.41 bits per heavy atom. The summed E-state index contributed by atoms with van der Waals surface area (Å²) in [5.41, 5.74) is 3.29. The summed E-state index contributed by atoms with van der Waals surface area (Å²) in [6.07, 6.45) is 3.79. The van der Waals surface area contributed by atoms with Crippen LogP contribution in [0.2, 0.25) is 5.02 Å². The highest BCUT2D eigenvalue weighted by molar-refractivity contribution is 6.31. The number of benzene rings is 2. The predicted molar refractivity (Wildman–Crippen MR) is 120 cm³/mol. The second-order valence-corrected chi connectivity index (χ2v) is 7.76. The number of carbonyl (C=O) groups is 1. The Morgan fingerprint density at radius 1 is 1.00 bits per heavy atom. The second-order valence-electron chi connectivity index (χ2n) is 7.35. The van der Waals surface area contributed by atoms with Gasteiger partial charge in [-0.3, -0.25) is 4.79 Å². The van der Waals surface area contributed by atoms with Crippen molar-refractivity contribution in [2.24, 2.45) is 0 Å². The van der Waals surface area contributed by atoms with Crippen molar-refractivity contribution in [3.63, 3.8) is 0 Å². The van der Waals surface area contributed by atoms with Crippen LogP contribution in [0.5, 0.6) is 0 Å². The maximum atomic E-state index is 13.4. The summed E-state index contributed by atoms with van der Waals surface area (Å²) in [4.78, 5) is 15.4. The molecule has 0 saturated heterocycles. The molecule has 1 atom stereocenters. The van der Waals surface area contributed by atoms with Gasteiger partial charge in [-0.2, -0.15) is 0 Å². The molecule has 0 aliphatic carbocycles. The van der Waals surface area contributed by atoms with E-state index in [-0.39, 0.29) is 11.8 Å². The van der Waals surface area contributed by atoms with Gasteiger partial charge >= 0.3 is 0 Å². The third-order valence-electron chi connectivity index (χ3n) is 5.29. The van der Waals surface area contributed by atoms with E-state index >= 15 is 0 Å². The maximum absolute atomic E-state index is 13.4. The molecule has 0 fully saturated rings. The van der Waals surface area contributed by atoms with Crippen molar-refractivity contribution in [1.29, 1.82) is 0 Å². The SMILES string of the molecule is CCCN(Cc1cccn1Cc1ccccc1Cl)C(=O)C(CC)c1ccccc1. The van der Waals surface area contributed by atoms with E-state index in [2.05, 4.69) is 42.8 Å². The molecule has 0 N–H and O–H groups in total. The molecular formula is C25H29ClN2O. The fourth-order valence-electron chi connectivity index (χ4n) is 3.75. The summed E-state index contributed by atoms with van der Waals surface area (Å²) in [5.74, 6) is 0.0979. The van der Waals surface area contributed by atoms with Gasteiger partial charge in [0, 0.05) is 30.0 Å². The molecule has 0 aliphatic heterocycles. The number of halogens is 1. The van der Waals surface area contributed by atoms with Crippen LogP contribution < -0.4 is 0 Å². The standard InChI is InChI=1S/C25H29ClN2O/c1-3-16-28(25(29)23(4-2)20-11-6-5-7-12-20)19-22-14-10-17-27(22)18-21-13-8-9-15-24(21)26/h5-15,17,23H,3-4,16,18-19H2,1-2H3. The molecule has 0 saturated carbocycles. The summed E-state index contributed by atoms with van der Waals surface area (Å²) in [5, 5.41) is 0.767. The first-order valence-corrected chi connectivity index (χ1v) is 10.7. The summed E-state index contributed by atoms with van der Waals surface area (Å²) < 4.78 is 2.18. The molecule has 1 heterocycles. The van der Waals surface area contributed by atoms with Crippen LogP contribution in [0.25, 0.3) is 0 Å². The molecule has 2 aromatic carbocycles. The second kappa shape index (κ2) is 10.3. The van der Waals surface area contributed by atoms with Crippen LogP contribution in [0.15, 0.2) is 72.9 Å². The normalized spacial score (nSPS) is 12.0. The molecule has 0 aliphatic rings. The van der Waals surface area contributed by atoms with E-state index in [1.807, 2.05) is 53.4 Å². The van der Waals surface area contributed by atoms with Crippen molar-refractivity contribution in [3.05, 3.63) is 94.8 Å². The number of rotatable bonds is 9. The average Bonchev–Trinajstić information content (AvgIpc) is 3.17. The van der Waals surface area contributed by atoms with Gasteiger partial charge in [-0.1, -0.05) is 74.0 Å². The number of hydrogen-bond acceptors (Lipinski definition) is 1. The van der Waals surface area contributed by atoms with E-state index in [9.17, 15) is 4.79 Å². The highest BCUT2D eigenvalue weighted by Crippen LogP contribution is 2.24. The average molecular weight is 409 g/mol. The fourth-order valence-corrected chi connectivity index (χ4v) is 3.94. The van der Waals surface area contributed by atoms with Gasteiger partial charge in [-0.15, -0.1) is 0 Å². The molecule has 1 aromatic heterocycles. The molecule has 0 spiro atoms. The van der Waals surface area contributed by atoms with Crippen LogP contribution in [0.3, 0.4) is 0 Å². The maximum Gasteiger partial charge on any atom is 0.230 e. The molecule has 0 bridgehead atoms. The Hall–Kier alpha value is -2.52. The van der Waals surface area contributed by atoms with Gasteiger partial charge < -0.3 is 9.47 Å². The highest BCUT2D eigenvalue weighted by Gasteiger charge is 2.24. The molecule has 29 heavy (non-hydrogen) atoms. The monoisotopic (exact) mass is 408 g/mol. The van der Waals surface area contributed by atoms with E-state index in [4.69, 9.17) is 11.6 Å². The summed E-state index contributed by atoms with van der Waals surface area (Å²) in [6.45, 7) is 6.26. The Labute approximate surface area is 178 Å². The van der Waals surface area contributed by atoms with Crippen molar-refractivity contribution in [2.75, 3.05) is 6.54 Å². The van der Waals surface area contributed by atoms with Gasteiger partial charge in [0.25, 0.3) is 0 Å². The fraction of sp³-hybridized carbons (Fsp3) is 0.320. The summed E-state index contributed by atoms with van der Waals surface area (Å²) >= 11 is 6.35. The van der Waals surface area contributed by atoms with Gasteiger partial charge in [-0.25, -0.2) is 0 Å². The van der Waals surface area contributed by atoms with Crippen molar-refractivity contribution >= 4 is 17.5 Å². The lowest BCUT2D eigenvalue weighted by atomic mass is 9.95. The largest absolute Gasteiger partial charge is 0.345 e. The van der Waals surface area contributed by atoms with E-state index in [0.717, 1.165) is 41.2 Å². The zero-order valence-corrected chi connectivity index (χ0v) is 18.0. The van der Waals surface area contributed by atoms with Gasteiger partial charge in [0.1, 0.15) is 0 Å². The van der Waals surface area contributed by atoms with Crippen LogP contribution in [-0.2, 0) is 17.9 Å². The van der Waals surface area contributed by atoms with Crippen molar-refractivity contribution < 1.29 is 4.79 Å². The van der Waals surface area contributed by atoms with Crippen LogP contribution >= 0.6 is 11.6 Å². The van der Waals surface area contributed by atoms with Crippen LogP contribution in [0.4, 0.5) is 0 Å². The molecule has 1 amide bonds. The minimum absolute atomic E-state index is 0.102. The number of amides is 1. The lowest BCUT2D eigenvalue weighted by molar-refractivity contribution is -0.133. The quantitative estimate of drug-likeness (QED) is 0.418. The molecule has 0 radical (unpaired) electrons.